The predicted octanol–water partition coefficient (Wildman–Crippen LogP) is 5.04. The maximum absolute atomic E-state index is 13.4. The standard InChI is InChI=1S/C26H28N2O2S/c1-6-20(7-2)16-27(5)25-15-21-17-28(24-10-8-9-23(19(25)4)26(21)24)31(29,30)22-13-11-18(3)12-14-22/h6-14,17,20,25H,1-2,4,15-16H2,3,5H3. The van der Waals surface area contributed by atoms with Crippen molar-refractivity contribution in [3.63, 3.8) is 0 Å². The van der Waals surface area contributed by atoms with Crippen molar-refractivity contribution in [1.82, 2.24) is 8.87 Å². The molecule has 0 aliphatic heterocycles. The number of hydrogen-bond donors (Lipinski definition) is 0. The van der Waals surface area contributed by atoms with E-state index in [9.17, 15) is 8.42 Å². The molecule has 3 aromatic rings. The minimum atomic E-state index is -3.70. The third-order valence-electron chi connectivity index (χ3n) is 6.25. The highest BCUT2D eigenvalue weighted by Crippen LogP contribution is 2.39. The number of aryl methyl sites for hydroxylation is 1. The van der Waals surface area contributed by atoms with E-state index in [2.05, 4.69) is 31.7 Å². The fourth-order valence-corrected chi connectivity index (χ4v) is 5.80. The first-order valence-electron chi connectivity index (χ1n) is 10.4. The highest BCUT2D eigenvalue weighted by Gasteiger charge is 2.31. The molecular weight excluding hydrogens is 404 g/mol. The number of rotatable bonds is 7. The Labute approximate surface area is 184 Å². The van der Waals surface area contributed by atoms with E-state index in [0.717, 1.165) is 34.2 Å². The van der Waals surface area contributed by atoms with Crippen LogP contribution in [0.5, 0.6) is 0 Å². The van der Waals surface area contributed by atoms with Crippen LogP contribution in [0.15, 0.2) is 85.4 Å². The largest absolute Gasteiger partial charge is 0.298 e. The third-order valence-corrected chi connectivity index (χ3v) is 7.94. The first-order valence-corrected chi connectivity index (χ1v) is 11.8. The van der Waals surface area contributed by atoms with Gasteiger partial charge in [-0.25, -0.2) is 12.4 Å². The lowest BCUT2D eigenvalue weighted by molar-refractivity contribution is 0.274. The van der Waals surface area contributed by atoms with Gasteiger partial charge in [-0.2, -0.15) is 0 Å². The van der Waals surface area contributed by atoms with E-state index >= 15 is 0 Å². The monoisotopic (exact) mass is 432 g/mol. The zero-order chi connectivity index (χ0) is 22.3. The molecule has 160 valence electrons. The maximum atomic E-state index is 13.4. The lowest BCUT2D eigenvalue weighted by atomic mass is 9.84. The Morgan fingerprint density at radius 3 is 2.48 bits per heavy atom. The molecule has 1 aliphatic carbocycles. The number of benzene rings is 2. The quantitative estimate of drug-likeness (QED) is 0.491. The van der Waals surface area contributed by atoms with Gasteiger partial charge in [0, 0.05) is 30.1 Å². The van der Waals surface area contributed by atoms with Crippen molar-refractivity contribution in [2.24, 2.45) is 5.92 Å². The topological polar surface area (TPSA) is 42.3 Å². The molecule has 0 fully saturated rings. The smallest absolute Gasteiger partial charge is 0.268 e. The molecule has 0 radical (unpaired) electrons. The summed E-state index contributed by atoms with van der Waals surface area (Å²) in [6.07, 6.45) is 6.28. The van der Waals surface area contributed by atoms with Crippen LogP contribution in [0.1, 0.15) is 16.7 Å². The second-order valence-electron chi connectivity index (χ2n) is 8.29. The van der Waals surface area contributed by atoms with Crippen LogP contribution in [0.4, 0.5) is 0 Å². The fraction of sp³-hybridized carbons (Fsp3) is 0.231. The van der Waals surface area contributed by atoms with E-state index in [1.807, 2.05) is 49.4 Å². The minimum absolute atomic E-state index is 0.0819. The van der Waals surface area contributed by atoms with Gasteiger partial charge in [-0.1, -0.05) is 48.6 Å². The van der Waals surface area contributed by atoms with Gasteiger partial charge in [0.15, 0.2) is 0 Å². The lowest BCUT2D eigenvalue weighted by Gasteiger charge is -2.34. The van der Waals surface area contributed by atoms with E-state index < -0.39 is 10.0 Å². The zero-order valence-electron chi connectivity index (χ0n) is 18.1. The molecule has 4 nitrogen and oxygen atoms in total. The van der Waals surface area contributed by atoms with Crippen molar-refractivity contribution >= 4 is 26.5 Å². The van der Waals surface area contributed by atoms with Gasteiger partial charge in [-0.05, 0) is 55.3 Å². The molecule has 1 aromatic heterocycles. The van der Waals surface area contributed by atoms with Crippen LogP contribution < -0.4 is 0 Å². The number of aromatic nitrogens is 1. The molecule has 4 rings (SSSR count). The first-order chi connectivity index (χ1) is 14.8. The van der Waals surface area contributed by atoms with Crippen LogP contribution in [0.3, 0.4) is 0 Å². The summed E-state index contributed by atoms with van der Waals surface area (Å²) in [6.45, 7) is 14.9. The van der Waals surface area contributed by atoms with Gasteiger partial charge in [0.2, 0.25) is 0 Å². The summed E-state index contributed by atoms with van der Waals surface area (Å²) in [6, 6.07) is 12.9. The number of hydrogen-bond acceptors (Lipinski definition) is 3. The van der Waals surface area contributed by atoms with Crippen molar-refractivity contribution in [2.75, 3.05) is 13.6 Å². The normalized spacial score (nSPS) is 16.3. The van der Waals surface area contributed by atoms with Gasteiger partial charge in [-0.15, -0.1) is 13.2 Å². The Hall–Kier alpha value is -2.89. The van der Waals surface area contributed by atoms with E-state index in [-0.39, 0.29) is 12.0 Å². The van der Waals surface area contributed by atoms with Crippen LogP contribution in [0.25, 0.3) is 16.5 Å². The highest BCUT2D eigenvalue weighted by atomic mass is 32.2. The average molecular weight is 433 g/mol. The fourth-order valence-electron chi connectivity index (χ4n) is 4.42. The summed E-state index contributed by atoms with van der Waals surface area (Å²) in [5.41, 5.74) is 4.78. The maximum Gasteiger partial charge on any atom is 0.268 e. The van der Waals surface area contributed by atoms with E-state index in [4.69, 9.17) is 0 Å². The van der Waals surface area contributed by atoms with E-state index in [0.29, 0.717) is 16.8 Å². The van der Waals surface area contributed by atoms with Gasteiger partial charge >= 0.3 is 0 Å². The molecule has 0 saturated carbocycles. The van der Waals surface area contributed by atoms with Gasteiger partial charge in [0.1, 0.15) is 0 Å². The van der Waals surface area contributed by atoms with Crippen LogP contribution in [0.2, 0.25) is 0 Å². The highest BCUT2D eigenvalue weighted by molar-refractivity contribution is 7.90. The summed E-state index contributed by atoms with van der Waals surface area (Å²) < 4.78 is 28.3. The number of likely N-dealkylation sites (N-methyl/N-ethyl adjacent to an activating group) is 1. The molecule has 0 spiro atoms. The van der Waals surface area contributed by atoms with Crippen LogP contribution in [-0.4, -0.2) is 36.9 Å². The first kappa shape index (κ1) is 21.3. The molecular formula is C26H28N2O2S. The molecule has 5 heteroatoms. The third kappa shape index (κ3) is 3.58. The van der Waals surface area contributed by atoms with Gasteiger partial charge in [-0.3, -0.25) is 4.90 Å². The lowest BCUT2D eigenvalue weighted by Crippen LogP contribution is -2.38. The molecule has 1 aliphatic rings. The van der Waals surface area contributed by atoms with Crippen LogP contribution in [-0.2, 0) is 16.4 Å². The molecule has 31 heavy (non-hydrogen) atoms. The predicted molar refractivity (Wildman–Crippen MR) is 129 cm³/mol. The summed E-state index contributed by atoms with van der Waals surface area (Å²) >= 11 is 0. The Balaban J connectivity index is 1.79. The molecule has 1 atom stereocenters. The molecule has 2 aromatic carbocycles. The van der Waals surface area contributed by atoms with Crippen molar-refractivity contribution in [2.45, 2.75) is 24.3 Å². The van der Waals surface area contributed by atoms with Crippen molar-refractivity contribution < 1.29 is 8.42 Å². The molecule has 0 saturated heterocycles. The molecule has 0 amide bonds. The minimum Gasteiger partial charge on any atom is -0.298 e. The molecule has 0 N–H and O–H groups in total. The Kier molecular flexibility index (Phi) is 5.50. The summed E-state index contributed by atoms with van der Waals surface area (Å²) in [4.78, 5) is 2.54. The van der Waals surface area contributed by atoms with Gasteiger partial charge in [0.05, 0.1) is 10.4 Å². The van der Waals surface area contributed by atoms with E-state index in [1.165, 1.54) is 3.97 Å². The molecule has 0 bridgehead atoms. The second kappa shape index (κ2) is 7.98. The van der Waals surface area contributed by atoms with E-state index in [1.54, 1.807) is 18.3 Å². The Bertz CT molecular complexity index is 1270. The Morgan fingerprint density at radius 2 is 1.84 bits per heavy atom. The average Bonchev–Trinajstić information content (AvgIpc) is 3.15. The number of nitrogens with zero attached hydrogens (tertiary/aromatic N) is 2. The Morgan fingerprint density at radius 1 is 1.16 bits per heavy atom. The van der Waals surface area contributed by atoms with Crippen molar-refractivity contribution in [1.29, 1.82) is 0 Å². The zero-order valence-corrected chi connectivity index (χ0v) is 18.9. The summed E-state index contributed by atoms with van der Waals surface area (Å²) in [5, 5.41) is 0.983. The van der Waals surface area contributed by atoms with Gasteiger partial charge in [0.25, 0.3) is 10.0 Å². The molecule has 1 heterocycles. The SMILES string of the molecule is C=CC(C=C)CN(C)C1Cc2cn(S(=O)(=O)c3ccc(C)cc3)c3cccc(c23)C1=C. The summed E-state index contributed by atoms with van der Waals surface area (Å²) in [5.74, 6) is 0.182. The van der Waals surface area contributed by atoms with Crippen LogP contribution >= 0.6 is 0 Å². The molecule has 1 unspecified atom stereocenters. The van der Waals surface area contributed by atoms with Crippen molar-refractivity contribution in [3.05, 3.63) is 97.2 Å². The summed E-state index contributed by atoms with van der Waals surface area (Å²) in [7, 11) is -1.63. The second-order valence-corrected chi connectivity index (χ2v) is 10.1. The van der Waals surface area contributed by atoms with Gasteiger partial charge < -0.3 is 0 Å². The van der Waals surface area contributed by atoms with Crippen LogP contribution in [0, 0.1) is 12.8 Å². The van der Waals surface area contributed by atoms with Crippen molar-refractivity contribution in [3.8, 4) is 0 Å².